The highest BCUT2D eigenvalue weighted by molar-refractivity contribution is 5.88. The fraction of sp³-hybridized carbons (Fsp3) is 0.308. The summed E-state index contributed by atoms with van der Waals surface area (Å²) in [4.78, 5) is 15.0. The monoisotopic (exact) mass is 260 g/mol. The zero-order chi connectivity index (χ0) is 13.7. The summed E-state index contributed by atoms with van der Waals surface area (Å²) < 4.78 is 1.58. The second-order valence-electron chi connectivity index (χ2n) is 4.22. The van der Waals surface area contributed by atoms with Gasteiger partial charge in [-0.1, -0.05) is 6.07 Å². The van der Waals surface area contributed by atoms with Crippen molar-refractivity contribution >= 4 is 5.97 Å². The maximum absolute atomic E-state index is 11.0. The van der Waals surface area contributed by atoms with Crippen LogP contribution in [0.1, 0.15) is 21.6 Å². The summed E-state index contributed by atoms with van der Waals surface area (Å²) in [6.45, 7) is 1.24. The van der Waals surface area contributed by atoms with Gasteiger partial charge >= 0.3 is 5.97 Å². The molecule has 100 valence electrons. The molecule has 19 heavy (non-hydrogen) atoms. The van der Waals surface area contributed by atoms with Crippen LogP contribution in [0.15, 0.2) is 30.7 Å². The Morgan fingerprint density at radius 1 is 1.47 bits per heavy atom. The molecule has 0 aliphatic carbocycles. The molecule has 2 heterocycles. The standard InChI is InChI=1S/C13H16N4O2/c1-17-12(11(8-16-17)13(18)19)9-15-6-4-10-3-2-5-14-7-10/h2-3,5,7-8,15H,4,6,9H2,1H3,(H,18,19). The SMILES string of the molecule is Cn1ncc(C(=O)O)c1CNCCc1cccnc1. The topological polar surface area (TPSA) is 80.0 Å². The Morgan fingerprint density at radius 2 is 2.32 bits per heavy atom. The highest BCUT2D eigenvalue weighted by Gasteiger charge is 2.13. The molecular weight excluding hydrogens is 244 g/mol. The summed E-state index contributed by atoms with van der Waals surface area (Å²) in [6.07, 6.45) is 5.80. The van der Waals surface area contributed by atoms with Gasteiger partial charge in [-0.3, -0.25) is 9.67 Å². The minimum Gasteiger partial charge on any atom is -0.478 e. The normalized spacial score (nSPS) is 10.6. The molecule has 2 aromatic rings. The number of aryl methyl sites for hydroxylation is 1. The van der Waals surface area contributed by atoms with Crippen molar-refractivity contribution in [3.63, 3.8) is 0 Å². The lowest BCUT2D eigenvalue weighted by atomic mass is 10.2. The number of aromatic nitrogens is 3. The molecule has 0 bridgehead atoms. The number of rotatable bonds is 6. The highest BCUT2D eigenvalue weighted by Crippen LogP contribution is 2.07. The number of nitrogens with one attached hydrogen (secondary N) is 1. The maximum atomic E-state index is 11.0. The van der Waals surface area contributed by atoms with Gasteiger partial charge in [-0.2, -0.15) is 5.10 Å². The van der Waals surface area contributed by atoms with Crippen molar-refractivity contribution in [3.8, 4) is 0 Å². The predicted octanol–water partition coefficient (Wildman–Crippen LogP) is 0.846. The Kier molecular flexibility index (Phi) is 4.25. The number of hydrogen-bond acceptors (Lipinski definition) is 4. The Bertz CT molecular complexity index is 551. The zero-order valence-corrected chi connectivity index (χ0v) is 10.7. The Labute approximate surface area is 111 Å². The van der Waals surface area contributed by atoms with Crippen LogP contribution in [-0.4, -0.2) is 32.4 Å². The molecule has 0 saturated heterocycles. The van der Waals surface area contributed by atoms with Gasteiger partial charge in [-0.25, -0.2) is 4.79 Å². The maximum Gasteiger partial charge on any atom is 0.339 e. The molecule has 0 radical (unpaired) electrons. The van der Waals surface area contributed by atoms with Gasteiger partial charge in [-0.15, -0.1) is 0 Å². The summed E-state index contributed by atoms with van der Waals surface area (Å²) >= 11 is 0. The lowest BCUT2D eigenvalue weighted by molar-refractivity contribution is 0.0695. The third-order valence-electron chi connectivity index (χ3n) is 2.90. The smallest absolute Gasteiger partial charge is 0.339 e. The molecular formula is C13H16N4O2. The lowest BCUT2D eigenvalue weighted by Gasteiger charge is -2.06. The van der Waals surface area contributed by atoms with Crippen LogP contribution < -0.4 is 5.32 Å². The Hall–Kier alpha value is -2.21. The van der Waals surface area contributed by atoms with Crippen molar-refractivity contribution < 1.29 is 9.90 Å². The summed E-state index contributed by atoms with van der Waals surface area (Å²) in [6, 6.07) is 3.92. The van der Waals surface area contributed by atoms with Gasteiger partial charge in [0.2, 0.25) is 0 Å². The van der Waals surface area contributed by atoms with Crippen LogP contribution in [0.3, 0.4) is 0 Å². The van der Waals surface area contributed by atoms with Gasteiger partial charge in [0.1, 0.15) is 5.56 Å². The van der Waals surface area contributed by atoms with Gasteiger partial charge in [0, 0.05) is 26.0 Å². The first kappa shape index (κ1) is 13.2. The van der Waals surface area contributed by atoms with Crippen molar-refractivity contribution in [2.45, 2.75) is 13.0 Å². The van der Waals surface area contributed by atoms with E-state index in [0.717, 1.165) is 18.5 Å². The first-order chi connectivity index (χ1) is 9.18. The number of pyridine rings is 1. The molecule has 2 N–H and O–H groups in total. The van der Waals surface area contributed by atoms with Crippen LogP contribution in [-0.2, 0) is 20.0 Å². The molecule has 0 amide bonds. The van der Waals surface area contributed by atoms with Crippen molar-refractivity contribution in [2.75, 3.05) is 6.54 Å². The molecule has 0 saturated carbocycles. The fourth-order valence-electron chi connectivity index (χ4n) is 1.84. The van der Waals surface area contributed by atoms with Crippen LogP contribution in [0.4, 0.5) is 0 Å². The van der Waals surface area contributed by atoms with E-state index in [1.165, 1.54) is 6.20 Å². The van der Waals surface area contributed by atoms with E-state index in [1.54, 1.807) is 17.9 Å². The fourth-order valence-corrected chi connectivity index (χ4v) is 1.84. The number of carbonyl (C=O) groups is 1. The number of carboxylic acids is 1. The third kappa shape index (κ3) is 3.38. The highest BCUT2D eigenvalue weighted by atomic mass is 16.4. The summed E-state index contributed by atoms with van der Waals surface area (Å²) in [5.74, 6) is -0.947. The quantitative estimate of drug-likeness (QED) is 0.752. The molecule has 0 aliphatic rings. The molecule has 0 fully saturated rings. The zero-order valence-electron chi connectivity index (χ0n) is 10.7. The van der Waals surface area contributed by atoms with Gasteiger partial charge in [0.05, 0.1) is 11.9 Å². The van der Waals surface area contributed by atoms with E-state index in [1.807, 2.05) is 18.3 Å². The summed E-state index contributed by atoms with van der Waals surface area (Å²) in [5, 5.41) is 16.2. The Balaban J connectivity index is 1.86. The van der Waals surface area contributed by atoms with Crippen LogP contribution in [0.5, 0.6) is 0 Å². The van der Waals surface area contributed by atoms with Crippen molar-refractivity contribution in [2.24, 2.45) is 7.05 Å². The Morgan fingerprint density at radius 3 is 3.00 bits per heavy atom. The second-order valence-corrected chi connectivity index (χ2v) is 4.22. The largest absolute Gasteiger partial charge is 0.478 e. The predicted molar refractivity (Wildman–Crippen MR) is 69.8 cm³/mol. The van der Waals surface area contributed by atoms with Crippen molar-refractivity contribution in [1.29, 1.82) is 0 Å². The van der Waals surface area contributed by atoms with Crippen LogP contribution in [0.2, 0.25) is 0 Å². The second kappa shape index (κ2) is 6.10. The van der Waals surface area contributed by atoms with E-state index < -0.39 is 5.97 Å². The first-order valence-corrected chi connectivity index (χ1v) is 6.02. The lowest BCUT2D eigenvalue weighted by Crippen LogP contribution is -2.20. The third-order valence-corrected chi connectivity index (χ3v) is 2.90. The molecule has 0 aliphatic heterocycles. The minimum absolute atomic E-state index is 0.247. The van der Waals surface area contributed by atoms with Crippen LogP contribution >= 0.6 is 0 Å². The molecule has 0 unspecified atom stereocenters. The number of aromatic carboxylic acids is 1. The van der Waals surface area contributed by atoms with Gasteiger partial charge in [0.25, 0.3) is 0 Å². The molecule has 6 heteroatoms. The van der Waals surface area contributed by atoms with Crippen LogP contribution in [0, 0.1) is 0 Å². The minimum atomic E-state index is -0.947. The van der Waals surface area contributed by atoms with Crippen molar-refractivity contribution in [1.82, 2.24) is 20.1 Å². The van der Waals surface area contributed by atoms with Gasteiger partial charge in [0.15, 0.2) is 0 Å². The van der Waals surface area contributed by atoms with E-state index in [9.17, 15) is 4.79 Å². The number of nitrogens with zero attached hydrogens (tertiary/aromatic N) is 3. The average Bonchev–Trinajstić information content (AvgIpc) is 2.77. The molecule has 0 aromatic carbocycles. The van der Waals surface area contributed by atoms with Crippen molar-refractivity contribution in [3.05, 3.63) is 47.5 Å². The molecule has 6 nitrogen and oxygen atoms in total. The van der Waals surface area contributed by atoms with E-state index in [0.29, 0.717) is 12.2 Å². The van der Waals surface area contributed by atoms with Gasteiger partial charge < -0.3 is 10.4 Å². The molecule has 2 aromatic heterocycles. The van der Waals surface area contributed by atoms with E-state index in [-0.39, 0.29) is 5.56 Å². The van der Waals surface area contributed by atoms with E-state index in [2.05, 4.69) is 15.4 Å². The molecule has 2 rings (SSSR count). The summed E-state index contributed by atoms with van der Waals surface area (Å²) in [7, 11) is 1.74. The van der Waals surface area contributed by atoms with E-state index >= 15 is 0 Å². The molecule has 0 spiro atoms. The van der Waals surface area contributed by atoms with E-state index in [4.69, 9.17) is 5.11 Å². The summed E-state index contributed by atoms with van der Waals surface area (Å²) in [5.41, 5.74) is 2.08. The number of carboxylic acid groups (broad SMARTS) is 1. The van der Waals surface area contributed by atoms with Gasteiger partial charge in [-0.05, 0) is 24.6 Å². The molecule has 0 atom stereocenters. The van der Waals surface area contributed by atoms with Crippen LogP contribution in [0.25, 0.3) is 0 Å². The number of hydrogen-bond donors (Lipinski definition) is 2. The average molecular weight is 260 g/mol. The first-order valence-electron chi connectivity index (χ1n) is 6.02.